The zero-order valence-electron chi connectivity index (χ0n) is 10.1. The second-order valence-electron chi connectivity index (χ2n) is 4.00. The molecule has 0 N–H and O–H groups in total. The molecule has 0 fully saturated rings. The molecule has 19 heavy (non-hydrogen) atoms. The molecular formula is C14H9N3O2. The van der Waals surface area contributed by atoms with Crippen LogP contribution in [0.1, 0.15) is 11.3 Å². The standard InChI is InChI=1S/C14H9N3O2/c1-9-12(6-7-18-9)13-16-14(19-17-13)11-4-2-10(8-15)3-5-11/h2-7H,1H3. The number of hydrogen-bond acceptors (Lipinski definition) is 5. The van der Waals surface area contributed by atoms with Gasteiger partial charge in [-0.3, -0.25) is 0 Å². The van der Waals surface area contributed by atoms with E-state index in [1.54, 1.807) is 36.6 Å². The van der Waals surface area contributed by atoms with Crippen LogP contribution in [0.25, 0.3) is 22.8 Å². The highest BCUT2D eigenvalue weighted by Gasteiger charge is 2.13. The number of nitrogens with zero attached hydrogens (tertiary/aromatic N) is 3. The van der Waals surface area contributed by atoms with E-state index in [0.717, 1.165) is 16.9 Å². The van der Waals surface area contributed by atoms with Crippen molar-refractivity contribution in [1.29, 1.82) is 5.26 Å². The van der Waals surface area contributed by atoms with Crippen molar-refractivity contribution in [3.8, 4) is 28.9 Å². The topological polar surface area (TPSA) is 75.8 Å². The normalized spacial score (nSPS) is 10.3. The summed E-state index contributed by atoms with van der Waals surface area (Å²) in [5.74, 6) is 1.65. The molecule has 3 aromatic rings. The monoisotopic (exact) mass is 251 g/mol. The van der Waals surface area contributed by atoms with Gasteiger partial charge in [0, 0.05) is 5.56 Å². The summed E-state index contributed by atoms with van der Waals surface area (Å²) in [4.78, 5) is 4.32. The molecule has 1 aromatic carbocycles. The van der Waals surface area contributed by atoms with Gasteiger partial charge in [-0.05, 0) is 37.3 Å². The molecule has 0 aliphatic rings. The van der Waals surface area contributed by atoms with Crippen LogP contribution in [0.2, 0.25) is 0 Å². The predicted octanol–water partition coefficient (Wildman–Crippen LogP) is 3.18. The van der Waals surface area contributed by atoms with Crippen LogP contribution in [-0.4, -0.2) is 10.1 Å². The SMILES string of the molecule is Cc1occc1-c1noc(-c2ccc(C#N)cc2)n1. The molecule has 0 saturated heterocycles. The quantitative estimate of drug-likeness (QED) is 0.699. The summed E-state index contributed by atoms with van der Waals surface area (Å²) >= 11 is 0. The Labute approximate surface area is 109 Å². The van der Waals surface area contributed by atoms with Gasteiger partial charge in [0.05, 0.1) is 23.5 Å². The number of rotatable bonds is 2. The number of furan rings is 1. The lowest BCUT2D eigenvalue weighted by molar-refractivity contribution is 0.432. The van der Waals surface area contributed by atoms with Gasteiger partial charge in [0.2, 0.25) is 5.82 Å². The van der Waals surface area contributed by atoms with Crippen molar-refractivity contribution in [2.45, 2.75) is 6.92 Å². The van der Waals surface area contributed by atoms with E-state index < -0.39 is 0 Å². The fourth-order valence-corrected chi connectivity index (χ4v) is 1.75. The average Bonchev–Trinajstić information content (AvgIpc) is 3.07. The van der Waals surface area contributed by atoms with Crippen molar-refractivity contribution < 1.29 is 8.94 Å². The molecule has 0 radical (unpaired) electrons. The molecule has 5 heteroatoms. The lowest BCUT2D eigenvalue weighted by Crippen LogP contribution is -1.81. The highest BCUT2D eigenvalue weighted by atomic mass is 16.5. The van der Waals surface area contributed by atoms with Crippen LogP contribution in [0.15, 0.2) is 45.5 Å². The molecule has 0 aliphatic heterocycles. The van der Waals surface area contributed by atoms with E-state index in [9.17, 15) is 0 Å². The van der Waals surface area contributed by atoms with Crippen LogP contribution < -0.4 is 0 Å². The second-order valence-corrected chi connectivity index (χ2v) is 4.00. The third-order valence-electron chi connectivity index (χ3n) is 2.79. The fourth-order valence-electron chi connectivity index (χ4n) is 1.75. The van der Waals surface area contributed by atoms with Gasteiger partial charge >= 0.3 is 0 Å². The van der Waals surface area contributed by atoms with E-state index in [1.807, 2.05) is 6.92 Å². The molecule has 3 rings (SSSR count). The molecule has 0 aliphatic carbocycles. The minimum absolute atomic E-state index is 0.417. The summed E-state index contributed by atoms with van der Waals surface area (Å²) in [7, 11) is 0. The predicted molar refractivity (Wildman–Crippen MR) is 66.9 cm³/mol. The third kappa shape index (κ3) is 2.00. The highest BCUT2D eigenvalue weighted by molar-refractivity contribution is 5.61. The van der Waals surface area contributed by atoms with Crippen molar-refractivity contribution >= 4 is 0 Å². The smallest absolute Gasteiger partial charge is 0.258 e. The second kappa shape index (κ2) is 4.42. The Kier molecular flexibility index (Phi) is 2.62. The summed E-state index contributed by atoms with van der Waals surface area (Å²) in [5, 5.41) is 12.7. The van der Waals surface area contributed by atoms with Gasteiger partial charge in [0.15, 0.2) is 0 Å². The van der Waals surface area contributed by atoms with Gasteiger partial charge in [0.25, 0.3) is 5.89 Å². The minimum Gasteiger partial charge on any atom is -0.469 e. The Bertz CT molecular complexity index is 748. The number of benzene rings is 1. The summed E-state index contributed by atoms with van der Waals surface area (Å²) in [5.41, 5.74) is 2.18. The zero-order chi connectivity index (χ0) is 13.2. The van der Waals surface area contributed by atoms with Gasteiger partial charge in [-0.2, -0.15) is 10.2 Å². The molecule has 92 valence electrons. The molecule has 0 bridgehead atoms. The van der Waals surface area contributed by atoms with Crippen LogP contribution in [-0.2, 0) is 0 Å². The number of hydrogen-bond donors (Lipinski definition) is 0. The van der Waals surface area contributed by atoms with Gasteiger partial charge in [-0.25, -0.2) is 0 Å². The minimum atomic E-state index is 0.417. The van der Waals surface area contributed by atoms with E-state index >= 15 is 0 Å². The fraction of sp³-hybridized carbons (Fsp3) is 0.0714. The van der Waals surface area contributed by atoms with Gasteiger partial charge in [0.1, 0.15) is 5.76 Å². The highest BCUT2D eigenvalue weighted by Crippen LogP contribution is 2.25. The first-order chi connectivity index (χ1) is 9.28. The number of nitriles is 1. The maximum absolute atomic E-state index is 8.75. The van der Waals surface area contributed by atoms with E-state index in [4.69, 9.17) is 14.2 Å². The van der Waals surface area contributed by atoms with E-state index in [0.29, 0.717) is 17.3 Å². The Balaban J connectivity index is 1.97. The first-order valence-electron chi connectivity index (χ1n) is 5.66. The number of aryl methyl sites for hydroxylation is 1. The Morgan fingerprint density at radius 1 is 1.16 bits per heavy atom. The van der Waals surface area contributed by atoms with Crippen LogP contribution in [0.3, 0.4) is 0 Å². The lowest BCUT2D eigenvalue weighted by atomic mass is 10.1. The molecule has 2 aromatic heterocycles. The lowest BCUT2D eigenvalue weighted by Gasteiger charge is -1.93. The largest absolute Gasteiger partial charge is 0.469 e. The third-order valence-corrected chi connectivity index (χ3v) is 2.79. The van der Waals surface area contributed by atoms with Crippen LogP contribution >= 0.6 is 0 Å². The molecule has 0 saturated carbocycles. The Morgan fingerprint density at radius 3 is 2.58 bits per heavy atom. The van der Waals surface area contributed by atoms with Gasteiger partial charge in [-0.15, -0.1) is 0 Å². The van der Waals surface area contributed by atoms with E-state index in [2.05, 4.69) is 16.2 Å². The van der Waals surface area contributed by atoms with E-state index in [-0.39, 0.29) is 0 Å². The van der Waals surface area contributed by atoms with E-state index in [1.165, 1.54) is 0 Å². The summed E-state index contributed by atoms with van der Waals surface area (Å²) < 4.78 is 10.4. The Hall–Kier alpha value is -2.87. The molecule has 0 amide bonds. The maximum atomic E-state index is 8.75. The maximum Gasteiger partial charge on any atom is 0.258 e. The summed E-state index contributed by atoms with van der Waals surface area (Å²) in [6.07, 6.45) is 1.59. The average molecular weight is 251 g/mol. The molecular weight excluding hydrogens is 242 g/mol. The zero-order valence-corrected chi connectivity index (χ0v) is 10.1. The molecule has 2 heterocycles. The first-order valence-corrected chi connectivity index (χ1v) is 5.66. The molecule has 0 spiro atoms. The summed E-state index contributed by atoms with van der Waals surface area (Å²) in [6, 6.07) is 10.8. The number of aromatic nitrogens is 2. The first kappa shape index (κ1) is 11.2. The molecule has 5 nitrogen and oxygen atoms in total. The van der Waals surface area contributed by atoms with Crippen molar-refractivity contribution in [1.82, 2.24) is 10.1 Å². The van der Waals surface area contributed by atoms with Crippen LogP contribution in [0, 0.1) is 18.3 Å². The van der Waals surface area contributed by atoms with Crippen molar-refractivity contribution in [3.05, 3.63) is 47.9 Å². The Morgan fingerprint density at radius 2 is 1.95 bits per heavy atom. The molecule has 0 atom stereocenters. The molecule has 0 unspecified atom stereocenters. The van der Waals surface area contributed by atoms with Crippen molar-refractivity contribution in [2.75, 3.05) is 0 Å². The van der Waals surface area contributed by atoms with Crippen molar-refractivity contribution in [2.24, 2.45) is 0 Å². The van der Waals surface area contributed by atoms with Gasteiger partial charge in [-0.1, -0.05) is 5.16 Å². The van der Waals surface area contributed by atoms with Gasteiger partial charge < -0.3 is 8.94 Å². The van der Waals surface area contributed by atoms with Crippen molar-refractivity contribution in [3.63, 3.8) is 0 Å². The van der Waals surface area contributed by atoms with Crippen LogP contribution in [0.5, 0.6) is 0 Å². The summed E-state index contributed by atoms with van der Waals surface area (Å²) in [6.45, 7) is 1.84. The van der Waals surface area contributed by atoms with Crippen LogP contribution in [0.4, 0.5) is 0 Å².